The highest BCUT2D eigenvalue weighted by molar-refractivity contribution is 7.89. The van der Waals surface area contributed by atoms with Gasteiger partial charge in [0.1, 0.15) is 11.2 Å². The summed E-state index contributed by atoms with van der Waals surface area (Å²) >= 11 is 0. The molecule has 9 nitrogen and oxygen atoms in total. The van der Waals surface area contributed by atoms with Crippen LogP contribution in [0, 0.1) is 10.1 Å². The number of nitro benzene ring substituents is 1. The molecule has 0 aliphatic carbocycles. The molecule has 1 atom stereocenters. The largest absolute Gasteiger partial charge is 0.345 e. The average Bonchev–Trinajstić information content (AvgIpc) is 3.05. The fourth-order valence-electron chi connectivity index (χ4n) is 2.73. The molecule has 3 aromatic rings. The molecular weight excluding hydrogens is 372 g/mol. The standard InChI is InChI=1S/C17H16N4O5S/c1-10(11-4-2-6-13(8-11)27(18,25)26)19-17(22)14-9-12-5-3-7-15(21(23)24)16(12)20-14/h2-10,20H,1H3,(H,19,22)(H2,18,25,26). The smallest absolute Gasteiger partial charge is 0.293 e. The Balaban J connectivity index is 1.86. The van der Waals surface area contributed by atoms with Crippen molar-refractivity contribution in [3.63, 3.8) is 0 Å². The minimum Gasteiger partial charge on any atom is -0.345 e. The van der Waals surface area contributed by atoms with Gasteiger partial charge >= 0.3 is 0 Å². The number of H-pyrrole nitrogens is 1. The van der Waals surface area contributed by atoms with Gasteiger partial charge < -0.3 is 10.3 Å². The van der Waals surface area contributed by atoms with Gasteiger partial charge in [-0.15, -0.1) is 0 Å². The molecule has 1 aromatic heterocycles. The second-order valence-corrected chi connectivity index (χ2v) is 7.56. The summed E-state index contributed by atoms with van der Waals surface area (Å²) in [6, 6.07) is 11.5. The Hall–Kier alpha value is -3.24. The molecule has 0 fully saturated rings. The first-order valence-corrected chi connectivity index (χ1v) is 9.41. The number of hydrogen-bond acceptors (Lipinski definition) is 5. The van der Waals surface area contributed by atoms with Crippen LogP contribution in [-0.4, -0.2) is 24.2 Å². The first-order chi connectivity index (χ1) is 12.7. The summed E-state index contributed by atoms with van der Waals surface area (Å²) in [6.45, 7) is 1.69. The van der Waals surface area contributed by atoms with Crippen molar-refractivity contribution < 1.29 is 18.1 Å². The van der Waals surface area contributed by atoms with Gasteiger partial charge in [-0.2, -0.15) is 0 Å². The van der Waals surface area contributed by atoms with Crippen molar-refractivity contribution >= 4 is 32.5 Å². The van der Waals surface area contributed by atoms with E-state index in [9.17, 15) is 23.3 Å². The number of nitrogens with zero attached hydrogens (tertiary/aromatic N) is 1. The third kappa shape index (κ3) is 3.81. The predicted octanol–water partition coefficient (Wildman–Crippen LogP) is 2.21. The molecule has 1 unspecified atom stereocenters. The molecule has 140 valence electrons. The summed E-state index contributed by atoms with van der Waals surface area (Å²) < 4.78 is 22.9. The lowest BCUT2D eigenvalue weighted by Crippen LogP contribution is -2.27. The zero-order valence-electron chi connectivity index (χ0n) is 14.2. The number of hydrogen-bond donors (Lipinski definition) is 3. The van der Waals surface area contributed by atoms with Crippen molar-refractivity contribution in [1.82, 2.24) is 10.3 Å². The number of fused-ring (bicyclic) bond motifs is 1. The van der Waals surface area contributed by atoms with E-state index in [1.54, 1.807) is 19.1 Å². The Morgan fingerprint density at radius 3 is 2.59 bits per heavy atom. The Labute approximate surface area is 154 Å². The maximum absolute atomic E-state index is 12.5. The molecule has 0 radical (unpaired) electrons. The third-order valence-electron chi connectivity index (χ3n) is 4.11. The number of nitro groups is 1. The minimum atomic E-state index is -3.85. The summed E-state index contributed by atoms with van der Waals surface area (Å²) in [7, 11) is -3.85. The van der Waals surface area contributed by atoms with Crippen LogP contribution in [0.2, 0.25) is 0 Å². The molecule has 1 amide bonds. The molecule has 2 aromatic carbocycles. The fourth-order valence-corrected chi connectivity index (χ4v) is 3.30. The number of carbonyl (C=O) groups excluding carboxylic acids is 1. The lowest BCUT2D eigenvalue weighted by molar-refractivity contribution is -0.383. The van der Waals surface area contributed by atoms with Crippen molar-refractivity contribution in [2.75, 3.05) is 0 Å². The molecular formula is C17H16N4O5S. The number of amides is 1. The highest BCUT2D eigenvalue weighted by Crippen LogP contribution is 2.25. The van der Waals surface area contributed by atoms with Crippen LogP contribution >= 0.6 is 0 Å². The number of sulfonamides is 1. The van der Waals surface area contributed by atoms with Gasteiger partial charge in [0.15, 0.2) is 0 Å². The number of aromatic amines is 1. The van der Waals surface area contributed by atoms with Crippen molar-refractivity contribution in [3.05, 3.63) is 69.9 Å². The second kappa shape index (κ2) is 6.82. The molecule has 0 aliphatic rings. The first kappa shape index (κ1) is 18.5. The van der Waals surface area contributed by atoms with Gasteiger partial charge in [0, 0.05) is 11.5 Å². The highest BCUT2D eigenvalue weighted by atomic mass is 32.2. The maximum Gasteiger partial charge on any atom is 0.293 e. The van der Waals surface area contributed by atoms with Crippen LogP contribution in [0.15, 0.2) is 53.4 Å². The lowest BCUT2D eigenvalue weighted by atomic mass is 10.1. The van der Waals surface area contributed by atoms with Crippen LogP contribution in [0.25, 0.3) is 10.9 Å². The minimum absolute atomic E-state index is 0.0534. The van der Waals surface area contributed by atoms with E-state index in [0.29, 0.717) is 10.9 Å². The molecule has 0 saturated carbocycles. The van der Waals surface area contributed by atoms with Crippen LogP contribution in [0.5, 0.6) is 0 Å². The predicted molar refractivity (Wildman–Crippen MR) is 98.6 cm³/mol. The summed E-state index contributed by atoms with van der Waals surface area (Å²) in [5, 5.41) is 19.5. The van der Waals surface area contributed by atoms with Gasteiger partial charge in [0.05, 0.1) is 15.9 Å². The molecule has 1 heterocycles. The van der Waals surface area contributed by atoms with E-state index < -0.39 is 26.9 Å². The van der Waals surface area contributed by atoms with Gasteiger partial charge in [-0.05, 0) is 30.7 Å². The Kier molecular flexibility index (Phi) is 4.68. The maximum atomic E-state index is 12.5. The Bertz CT molecular complexity index is 1150. The Morgan fingerprint density at radius 2 is 1.93 bits per heavy atom. The van der Waals surface area contributed by atoms with Crippen molar-refractivity contribution in [1.29, 1.82) is 0 Å². The van der Waals surface area contributed by atoms with E-state index in [4.69, 9.17) is 5.14 Å². The number of non-ortho nitro benzene ring substituents is 1. The number of para-hydroxylation sites is 1. The first-order valence-electron chi connectivity index (χ1n) is 7.86. The van der Waals surface area contributed by atoms with Crippen molar-refractivity contribution in [3.8, 4) is 0 Å². The molecule has 0 saturated heterocycles. The fraction of sp³-hybridized carbons (Fsp3) is 0.118. The molecule has 27 heavy (non-hydrogen) atoms. The van der Waals surface area contributed by atoms with E-state index in [-0.39, 0.29) is 21.8 Å². The van der Waals surface area contributed by atoms with Crippen LogP contribution in [0.4, 0.5) is 5.69 Å². The number of aromatic nitrogens is 1. The van der Waals surface area contributed by atoms with Gasteiger partial charge in [-0.1, -0.05) is 24.3 Å². The Morgan fingerprint density at radius 1 is 1.22 bits per heavy atom. The van der Waals surface area contributed by atoms with Crippen molar-refractivity contribution in [2.24, 2.45) is 5.14 Å². The monoisotopic (exact) mass is 388 g/mol. The zero-order chi connectivity index (χ0) is 19.8. The van der Waals surface area contributed by atoms with Gasteiger partial charge in [-0.25, -0.2) is 13.6 Å². The molecule has 0 bridgehead atoms. The number of carbonyl (C=O) groups is 1. The van der Waals surface area contributed by atoms with Crippen molar-refractivity contribution in [2.45, 2.75) is 17.9 Å². The number of nitrogens with two attached hydrogens (primary N) is 1. The number of benzene rings is 2. The van der Waals surface area contributed by atoms with Gasteiger partial charge in [0.2, 0.25) is 10.0 Å². The number of primary sulfonamides is 1. The quantitative estimate of drug-likeness (QED) is 0.453. The second-order valence-electron chi connectivity index (χ2n) is 5.99. The summed E-state index contributed by atoms with van der Waals surface area (Å²) in [5.74, 6) is -0.478. The van der Waals surface area contributed by atoms with Gasteiger partial charge in [-0.3, -0.25) is 14.9 Å². The third-order valence-corrected chi connectivity index (χ3v) is 5.02. The number of rotatable bonds is 5. The van der Waals surface area contributed by atoms with Gasteiger partial charge in [0.25, 0.3) is 11.6 Å². The molecule has 0 spiro atoms. The molecule has 3 rings (SSSR count). The zero-order valence-corrected chi connectivity index (χ0v) is 15.0. The van der Waals surface area contributed by atoms with E-state index in [2.05, 4.69) is 10.3 Å². The topological polar surface area (TPSA) is 148 Å². The lowest BCUT2D eigenvalue weighted by Gasteiger charge is -2.14. The molecule has 0 aliphatic heterocycles. The van der Waals surface area contributed by atoms with E-state index in [1.807, 2.05) is 0 Å². The summed E-state index contributed by atoms with van der Waals surface area (Å²) in [6.07, 6.45) is 0. The van der Waals surface area contributed by atoms with E-state index in [1.165, 1.54) is 36.4 Å². The average molecular weight is 388 g/mol. The summed E-state index contributed by atoms with van der Waals surface area (Å²) in [4.78, 5) is 25.8. The normalized spacial score (nSPS) is 12.7. The van der Waals surface area contributed by atoms with Crippen LogP contribution in [-0.2, 0) is 10.0 Å². The van der Waals surface area contributed by atoms with Crippen LogP contribution in [0.3, 0.4) is 0 Å². The summed E-state index contributed by atoms with van der Waals surface area (Å²) in [5.41, 5.74) is 0.850. The van der Waals surface area contributed by atoms with Crippen LogP contribution in [0.1, 0.15) is 29.0 Å². The van der Waals surface area contributed by atoms with E-state index in [0.717, 1.165) is 0 Å². The number of nitrogens with one attached hydrogen (secondary N) is 2. The molecule has 4 N–H and O–H groups in total. The molecule has 10 heteroatoms. The highest BCUT2D eigenvalue weighted by Gasteiger charge is 2.19. The SMILES string of the molecule is CC(NC(=O)c1cc2cccc([N+](=O)[O-])c2[nH]1)c1cccc(S(N)(=O)=O)c1. The van der Waals surface area contributed by atoms with E-state index >= 15 is 0 Å². The van der Waals surface area contributed by atoms with Crippen LogP contribution < -0.4 is 10.5 Å².